The lowest BCUT2D eigenvalue weighted by Crippen LogP contribution is -2.47. The Labute approximate surface area is 103 Å². The molecule has 0 saturated heterocycles. The molecule has 0 spiro atoms. The molecule has 0 bridgehead atoms. The predicted molar refractivity (Wildman–Crippen MR) is 64.4 cm³/mol. The van der Waals surface area contributed by atoms with Crippen LogP contribution in [0.1, 0.15) is 18.9 Å². The number of nitrogens with one attached hydrogen (secondary N) is 1. The second kappa shape index (κ2) is 3.90. The van der Waals surface area contributed by atoms with Gasteiger partial charge in [-0.3, -0.25) is 4.79 Å². The summed E-state index contributed by atoms with van der Waals surface area (Å²) in [5, 5.41) is 9.86. The zero-order valence-electron chi connectivity index (χ0n) is 9.72. The molecule has 5 nitrogen and oxygen atoms in total. The quantitative estimate of drug-likeness (QED) is 0.805. The van der Waals surface area contributed by atoms with Crippen molar-refractivity contribution in [1.82, 2.24) is 10.4 Å². The third kappa shape index (κ3) is 1.66. The van der Waals surface area contributed by atoms with Crippen molar-refractivity contribution in [1.29, 1.82) is 0 Å². The molecule has 18 heavy (non-hydrogen) atoms. The number of hydrazone groups is 2. The first-order valence-electron chi connectivity index (χ1n) is 5.62. The average molecular weight is 246 g/mol. The lowest BCUT2D eigenvalue weighted by atomic mass is 10.0. The van der Waals surface area contributed by atoms with Gasteiger partial charge in [0.2, 0.25) is 0 Å². The number of hydrogen-bond donors (Lipinski definition) is 1. The first kappa shape index (κ1) is 10.9. The van der Waals surface area contributed by atoms with E-state index in [4.69, 9.17) is 0 Å². The van der Waals surface area contributed by atoms with Gasteiger partial charge in [-0.15, -0.1) is 0 Å². The summed E-state index contributed by atoms with van der Waals surface area (Å²) in [7, 11) is 0. The summed E-state index contributed by atoms with van der Waals surface area (Å²) in [6.07, 6.45) is 0.504. The zero-order chi connectivity index (χ0) is 12.7. The van der Waals surface area contributed by atoms with Gasteiger partial charge in [0.05, 0.1) is 5.71 Å². The summed E-state index contributed by atoms with van der Waals surface area (Å²) in [6, 6.07) is 5.75. The Morgan fingerprint density at radius 2 is 2.11 bits per heavy atom. The number of nitrogens with zero attached hydrogens (tertiary/aromatic N) is 3. The van der Waals surface area contributed by atoms with Crippen LogP contribution in [0.4, 0.5) is 4.39 Å². The van der Waals surface area contributed by atoms with Gasteiger partial charge in [-0.2, -0.15) is 10.2 Å². The fraction of sp³-hybridized carbons (Fsp3) is 0.250. The number of amidine groups is 1. The minimum absolute atomic E-state index is 0.165. The Hall–Kier alpha value is -2.24. The molecule has 1 N–H and O–H groups in total. The van der Waals surface area contributed by atoms with Crippen LogP contribution in [-0.2, 0) is 4.79 Å². The number of carbonyl (C=O) groups is 1. The van der Waals surface area contributed by atoms with E-state index >= 15 is 0 Å². The van der Waals surface area contributed by atoms with Gasteiger partial charge in [-0.05, 0) is 24.6 Å². The number of hydrogen-bond acceptors (Lipinski definition) is 4. The van der Waals surface area contributed by atoms with E-state index in [1.807, 2.05) is 0 Å². The number of amides is 1. The molecule has 3 rings (SSSR count). The van der Waals surface area contributed by atoms with Crippen molar-refractivity contribution in [2.24, 2.45) is 10.2 Å². The van der Waals surface area contributed by atoms with E-state index in [2.05, 4.69) is 15.6 Å². The van der Waals surface area contributed by atoms with Crippen LogP contribution in [0.25, 0.3) is 0 Å². The number of halogens is 1. The SMILES string of the molecule is CC1=NNC(=O)C2CC(c3ccc(F)cc3)=NN12. The molecule has 92 valence electrons. The van der Waals surface area contributed by atoms with E-state index in [1.165, 1.54) is 12.1 Å². The molecule has 2 aliphatic heterocycles. The van der Waals surface area contributed by atoms with E-state index in [1.54, 1.807) is 24.1 Å². The van der Waals surface area contributed by atoms with E-state index in [-0.39, 0.29) is 17.8 Å². The smallest absolute Gasteiger partial charge is 0.265 e. The lowest BCUT2D eigenvalue weighted by Gasteiger charge is -2.25. The molecule has 1 aromatic carbocycles. The highest BCUT2D eigenvalue weighted by Gasteiger charge is 2.37. The number of carbonyl (C=O) groups excluding carboxylic acids is 1. The molecule has 1 aromatic rings. The van der Waals surface area contributed by atoms with Crippen molar-refractivity contribution < 1.29 is 9.18 Å². The van der Waals surface area contributed by atoms with Crippen LogP contribution in [-0.4, -0.2) is 28.5 Å². The van der Waals surface area contributed by atoms with Crippen molar-refractivity contribution in [3.8, 4) is 0 Å². The van der Waals surface area contributed by atoms with Gasteiger partial charge in [0.1, 0.15) is 17.7 Å². The van der Waals surface area contributed by atoms with Gasteiger partial charge >= 0.3 is 0 Å². The first-order chi connectivity index (χ1) is 8.65. The molecule has 0 radical (unpaired) electrons. The summed E-state index contributed by atoms with van der Waals surface area (Å²) in [4.78, 5) is 11.7. The van der Waals surface area contributed by atoms with Crippen molar-refractivity contribution >= 4 is 17.5 Å². The second-order valence-electron chi connectivity index (χ2n) is 4.25. The van der Waals surface area contributed by atoms with Crippen LogP contribution in [0, 0.1) is 5.82 Å². The topological polar surface area (TPSA) is 57.1 Å². The number of rotatable bonds is 1. The standard InChI is InChI=1S/C12H11FN4O/c1-7-14-15-12(18)11-6-10(16-17(7)11)8-2-4-9(13)5-3-8/h2-5,11H,6H2,1H3,(H,15,18). The lowest BCUT2D eigenvalue weighted by molar-refractivity contribution is -0.125. The normalized spacial score (nSPS) is 22.2. The monoisotopic (exact) mass is 246 g/mol. The summed E-state index contributed by atoms with van der Waals surface area (Å²) < 4.78 is 12.9. The zero-order valence-corrected chi connectivity index (χ0v) is 9.72. The Morgan fingerprint density at radius 1 is 1.39 bits per heavy atom. The molecule has 1 amide bonds. The molecule has 6 heteroatoms. The molecular weight excluding hydrogens is 235 g/mol. The predicted octanol–water partition coefficient (Wildman–Crippen LogP) is 1.07. The molecule has 0 aliphatic carbocycles. The van der Waals surface area contributed by atoms with Crippen molar-refractivity contribution in [3.63, 3.8) is 0 Å². The molecule has 0 fully saturated rings. The van der Waals surface area contributed by atoms with Gasteiger partial charge in [-0.25, -0.2) is 14.8 Å². The molecule has 2 heterocycles. The average Bonchev–Trinajstić information content (AvgIpc) is 2.81. The highest BCUT2D eigenvalue weighted by atomic mass is 19.1. The van der Waals surface area contributed by atoms with Crippen molar-refractivity contribution in [2.45, 2.75) is 19.4 Å². The maximum Gasteiger partial charge on any atom is 0.265 e. The van der Waals surface area contributed by atoms with Crippen LogP contribution in [0.15, 0.2) is 34.5 Å². The number of fused-ring (bicyclic) bond motifs is 1. The number of benzene rings is 1. The van der Waals surface area contributed by atoms with E-state index in [9.17, 15) is 9.18 Å². The largest absolute Gasteiger partial charge is 0.271 e. The first-order valence-corrected chi connectivity index (χ1v) is 5.62. The highest BCUT2D eigenvalue weighted by molar-refractivity contribution is 6.07. The van der Waals surface area contributed by atoms with Crippen molar-refractivity contribution in [2.75, 3.05) is 0 Å². The van der Waals surface area contributed by atoms with E-state index in [0.717, 1.165) is 11.3 Å². The van der Waals surface area contributed by atoms with Crippen molar-refractivity contribution in [3.05, 3.63) is 35.6 Å². The van der Waals surface area contributed by atoms with Gasteiger partial charge < -0.3 is 0 Å². The van der Waals surface area contributed by atoms with Gasteiger partial charge in [0.25, 0.3) is 5.91 Å². The summed E-state index contributed by atoms with van der Waals surface area (Å²) >= 11 is 0. The molecular formula is C12H11FN4O. The summed E-state index contributed by atoms with van der Waals surface area (Å²) in [5.74, 6) is 0.198. The molecule has 0 saturated carbocycles. The Kier molecular flexibility index (Phi) is 2.36. The fourth-order valence-electron chi connectivity index (χ4n) is 2.09. The van der Waals surface area contributed by atoms with Gasteiger partial charge in [0.15, 0.2) is 0 Å². The maximum absolute atomic E-state index is 12.9. The van der Waals surface area contributed by atoms with Crippen LogP contribution >= 0.6 is 0 Å². The third-order valence-corrected chi connectivity index (χ3v) is 3.05. The van der Waals surface area contributed by atoms with E-state index < -0.39 is 0 Å². The van der Waals surface area contributed by atoms with Crippen LogP contribution < -0.4 is 5.43 Å². The van der Waals surface area contributed by atoms with Gasteiger partial charge in [0, 0.05) is 6.42 Å². The Balaban J connectivity index is 1.93. The molecule has 2 aliphatic rings. The summed E-state index contributed by atoms with van der Waals surface area (Å²) in [6.45, 7) is 1.78. The summed E-state index contributed by atoms with van der Waals surface area (Å²) in [5.41, 5.74) is 4.05. The minimum Gasteiger partial charge on any atom is -0.271 e. The van der Waals surface area contributed by atoms with Gasteiger partial charge in [-0.1, -0.05) is 12.1 Å². The van der Waals surface area contributed by atoms with E-state index in [0.29, 0.717) is 12.3 Å². The maximum atomic E-state index is 12.9. The van der Waals surface area contributed by atoms with Crippen LogP contribution in [0.2, 0.25) is 0 Å². The van der Waals surface area contributed by atoms with Crippen LogP contribution in [0.5, 0.6) is 0 Å². The van der Waals surface area contributed by atoms with Crippen LogP contribution in [0.3, 0.4) is 0 Å². The molecule has 1 atom stereocenters. The Morgan fingerprint density at radius 3 is 2.78 bits per heavy atom. The Bertz CT molecular complexity index is 564. The second-order valence-corrected chi connectivity index (χ2v) is 4.25. The molecule has 1 unspecified atom stereocenters. The minimum atomic E-state index is -0.345. The fourth-order valence-corrected chi connectivity index (χ4v) is 2.09. The highest BCUT2D eigenvalue weighted by Crippen LogP contribution is 2.22. The third-order valence-electron chi connectivity index (χ3n) is 3.05. The molecule has 0 aromatic heterocycles.